The molecule has 0 radical (unpaired) electrons. The Labute approximate surface area is 93.7 Å². The SMILES string of the molecule is O=c1cc(-c2nn[nH]n2)oc2cc(O)ccc12. The lowest BCUT2D eigenvalue weighted by molar-refractivity contribution is 0.474. The average molecular weight is 230 g/mol. The van der Waals surface area contributed by atoms with Gasteiger partial charge in [0.25, 0.3) is 0 Å². The van der Waals surface area contributed by atoms with Crippen LogP contribution in [0.25, 0.3) is 22.6 Å². The summed E-state index contributed by atoms with van der Waals surface area (Å²) in [6, 6.07) is 5.56. The highest BCUT2D eigenvalue weighted by Crippen LogP contribution is 2.21. The van der Waals surface area contributed by atoms with E-state index in [9.17, 15) is 9.90 Å². The molecule has 7 nitrogen and oxygen atoms in total. The van der Waals surface area contributed by atoms with Crippen molar-refractivity contribution in [1.29, 1.82) is 0 Å². The highest BCUT2D eigenvalue weighted by atomic mass is 16.3. The van der Waals surface area contributed by atoms with E-state index in [1.807, 2.05) is 0 Å². The average Bonchev–Trinajstić information content (AvgIpc) is 2.81. The predicted octanol–water partition coefficient (Wildman–Crippen LogP) is 0.679. The van der Waals surface area contributed by atoms with Crippen LogP contribution in [0, 0.1) is 0 Å². The molecule has 0 spiro atoms. The number of H-pyrrole nitrogens is 1. The van der Waals surface area contributed by atoms with Crippen LogP contribution in [0.4, 0.5) is 0 Å². The third-order valence-corrected chi connectivity index (χ3v) is 2.28. The molecule has 0 atom stereocenters. The van der Waals surface area contributed by atoms with E-state index in [1.54, 1.807) is 0 Å². The topological polar surface area (TPSA) is 105 Å². The summed E-state index contributed by atoms with van der Waals surface area (Å²) in [5.74, 6) is 0.403. The first-order valence-corrected chi connectivity index (χ1v) is 4.75. The van der Waals surface area contributed by atoms with Crippen LogP contribution in [-0.2, 0) is 0 Å². The van der Waals surface area contributed by atoms with Crippen molar-refractivity contribution >= 4 is 11.0 Å². The number of nitrogens with one attached hydrogen (secondary N) is 1. The Balaban J connectivity index is 2.33. The zero-order valence-electron chi connectivity index (χ0n) is 8.41. The molecule has 84 valence electrons. The van der Waals surface area contributed by atoms with Crippen LogP contribution < -0.4 is 5.43 Å². The van der Waals surface area contributed by atoms with Crippen LogP contribution in [-0.4, -0.2) is 25.7 Å². The van der Waals surface area contributed by atoms with Crippen LogP contribution in [0.5, 0.6) is 5.75 Å². The standard InChI is InChI=1S/C10H6N4O3/c15-5-1-2-6-7(16)4-9(17-8(6)3-5)10-11-13-14-12-10/h1-4,15H,(H,11,12,13,14). The second-order valence-corrected chi connectivity index (χ2v) is 3.39. The molecule has 0 aliphatic rings. The number of benzene rings is 1. The van der Waals surface area contributed by atoms with Crippen molar-refractivity contribution < 1.29 is 9.52 Å². The number of rotatable bonds is 1. The summed E-state index contributed by atoms with van der Waals surface area (Å²) < 4.78 is 5.42. The molecule has 1 aromatic carbocycles. The van der Waals surface area contributed by atoms with Gasteiger partial charge in [-0.1, -0.05) is 0 Å². The van der Waals surface area contributed by atoms with Crippen molar-refractivity contribution in [2.24, 2.45) is 0 Å². The lowest BCUT2D eigenvalue weighted by Gasteiger charge is -1.99. The second kappa shape index (κ2) is 3.41. The fourth-order valence-electron chi connectivity index (χ4n) is 1.52. The van der Waals surface area contributed by atoms with Gasteiger partial charge < -0.3 is 9.52 Å². The molecule has 17 heavy (non-hydrogen) atoms. The number of hydrogen-bond donors (Lipinski definition) is 2. The van der Waals surface area contributed by atoms with E-state index in [0.717, 1.165) is 0 Å². The van der Waals surface area contributed by atoms with Gasteiger partial charge in [-0.15, -0.1) is 10.2 Å². The summed E-state index contributed by atoms with van der Waals surface area (Å²) in [6.45, 7) is 0. The predicted molar refractivity (Wildman–Crippen MR) is 57.3 cm³/mol. The first kappa shape index (κ1) is 9.52. The van der Waals surface area contributed by atoms with Crippen LogP contribution in [0.15, 0.2) is 33.5 Å². The Kier molecular flexibility index (Phi) is 1.91. The van der Waals surface area contributed by atoms with Crippen LogP contribution in [0.2, 0.25) is 0 Å². The minimum absolute atomic E-state index is 0.0194. The smallest absolute Gasteiger partial charge is 0.239 e. The molecule has 0 unspecified atom stereocenters. The van der Waals surface area contributed by atoms with Crippen LogP contribution in [0.1, 0.15) is 0 Å². The van der Waals surface area contributed by atoms with E-state index >= 15 is 0 Å². The number of aromatic nitrogens is 4. The van der Waals surface area contributed by atoms with Crippen molar-refractivity contribution in [1.82, 2.24) is 20.6 Å². The van der Waals surface area contributed by atoms with Gasteiger partial charge in [-0.05, 0) is 17.3 Å². The van der Waals surface area contributed by atoms with Gasteiger partial charge in [-0.2, -0.15) is 5.21 Å². The van der Waals surface area contributed by atoms with Crippen molar-refractivity contribution in [3.63, 3.8) is 0 Å². The fraction of sp³-hybridized carbons (Fsp3) is 0. The third-order valence-electron chi connectivity index (χ3n) is 2.28. The van der Waals surface area contributed by atoms with Gasteiger partial charge in [-0.3, -0.25) is 4.79 Å². The molecule has 0 amide bonds. The Bertz CT molecular complexity index is 733. The molecule has 0 aliphatic carbocycles. The van der Waals surface area contributed by atoms with Crippen molar-refractivity contribution in [3.05, 3.63) is 34.5 Å². The maximum absolute atomic E-state index is 11.8. The van der Waals surface area contributed by atoms with Gasteiger partial charge >= 0.3 is 0 Å². The molecule has 0 fully saturated rings. The van der Waals surface area contributed by atoms with E-state index in [1.165, 1.54) is 24.3 Å². The molecule has 0 saturated carbocycles. The van der Waals surface area contributed by atoms with Crippen LogP contribution >= 0.6 is 0 Å². The van der Waals surface area contributed by atoms with Gasteiger partial charge in [0.05, 0.1) is 5.39 Å². The Hall–Kier alpha value is -2.70. The fourth-order valence-corrected chi connectivity index (χ4v) is 1.52. The Morgan fingerprint density at radius 2 is 2.18 bits per heavy atom. The quantitative estimate of drug-likeness (QED) is 0.636. The molecule has 3 rings (SSSR count). The zero-order chi connectivity index (χ0) is 11.8. The Morgan fingerprint density at radius 1 is 1.29 bits per heavy atom. The molecule has 2 heterocycles. The molecule has 2 aromatic heterocycles. The summed E-state index contributed by atoms with van der Waals surface area (Å²) in [5, 5.41) is 22.8. The highest BCUT2D eigenvalue weighted by molar-refractivity contribution is 5.79. The Morgan fingerprint density at radius 3 is 2.94 bits per heavy atom. The first-order valence-electron chi connectivity index (χ1n) is 4.75. The van der Waals surface area contributed by atoms with E-state index in [2.05, 4.69) is 20.6 Å². The van der Waals surface area contributed by atoms with Crippen molar-refractivity contribution in [2.75, 3.05) is 0 Å². The molecule has 0 bridgehead atoms. The second-order valence-electron chi connectivity index (χ2n) is 3.39. The minimum atomic E-state index is -0.231. The van der Waals surface area contributed by atoms with Crippen molar-refractivity contribution in [3.8, 4) is 17.3 Å². The number of phenolic OH excluding ortho intramolecular Hbond substituents is 1. The van der Waals surface area contributed by atoms with Gasteiger partial charge in [-0.25, -0.2) is 0 Å². The van der Waals surface area contributed by atoms with E-state index in [4.69, 9.17) is 4.42 Å². The largest absolute Gasteiger partial charge is 0.508 e. The summed E-state index contributed by atoms with van der Waals surface area (Å²) >= 11 is 0. The molecule has 3 aromatic rings. The number of hydrogen-bond acceptors (Lipinski definition) is 6. The van der Waals surface area contributed by atoms with Crippen LogP contribution in [0.3, 0.4) is 0 Å². The third kappa shape index (κ3) is 1.53. The van der Waals surface area contributed by atoms with Crippen molar-refractivity contribution in [2.45, 2.75) is 0 Å². The first-order chi connectivity index (χ1) is 8.24. The van der Waals surface area contributed by atoms with E-state index in [-0.39, 0.29) is 28.3 Å². The highest BCUT2D eigenvalue weighted by Gasteiger charge is 2.10. The normalized spacial score (nSPS) is 10.8. The lowest BCUT2D eigenvalue weighted by Crippen LogP contribution is -2.00. The maximum atomic E-state index is 11.8. The number of phenols is 1. The molecule has 7 heteroatoms. The van der Waals surface area contributed by atoms with Gasteiger partial charge in [0.2, 0.25) is 5.82 Å². The number of fused-ring (bicyclic) bond motifs is 1. The summed E-state index contributed by atoms with van der Waals surface area (Å²) in [5.41, 5.74) is 0.0448. The maximum Gasteiger partial charge on any atom is 0.239 e. The molecular formula is C10H6N4O3. The summed E-state index contributed by atoms with van der Waals surface area (Å²) in [6.07, 6.45) is 0. The lowest BCUT2D eigenvalue weighted by atomic mass is 10.2. The minimum Gasteiger partial charge on any atom is -0.508 e. The number of tetrazole rings is 1. The summed E-state index contributed by atoms with van der Waals surface area (Å²) in [7, 11) is 0. The number of aromatic hydroxyl groups is 1. The summed E-state index contributed by atoms with van der Waals surface area (Å²) in [4.78, 5) is 11.8. The number of nitrogens with zero attached hydrogens (tertiary/aromatic N) is 3. The van der Waals surface area contributed by atoms with Gasteiger partial charge in [0.1, 0.15) is 11.3 Å². The number of aromatic amines is 1. The molecule has 2 N–H and O–H groups in total. The molecule has 0 aliphatic heterocycles. The monoisotopic (exact) mass is 230 g/mol. The molecule has 0 saturated heterocycles. The zero-order valence-corrected chi connectivity index (χ0v) is 8.41. The van der Waals surface area contributed by atoms with Gasteiger partial charge in [0, 0.05) is 12.1 Å². The van der Waals surface area contributed by atoms with E-state index in [0.29, 0.717) is 5.39 Å². The van der Waals surface area contributed by atoms with Gasteiger partial charge in [0.15, 0.2) is 11.2 Å². The molecular weight excluding hydrogens is 224 g/mol. The van der Waals surface area contributed by atoms with E-state index < -0.39 is 0 Å².